The van der Waals surface area contributed by atoms with E-state index >= 15 is 0 Å². The molecule has 9 heteroatoms. The summed E-state index contributed by atoms with van der Waals surface area (Å²) in [5, 5.41) is 18.9. The Hall–Kier alpha value is -3.49. The number of carbonyl (C=O) groups is 1. The van der Waals surface area contributed by atoms with Gasteiger partial charge in [-0.05, 0) is 32.9 Å². The van der Waals surface area contributed by atoms with Crippen LogP contribution in [0.3, 0.4) is 0 Å². The lowest BCUT2D eigenvalue weighted by molar-refractivity contribution is -0.385. The lowest BCUT2D eigenvalue weighted by atomic mass is 10.1. The van der Waals surface area contributed by atoms with Gasteiger partial charge in [-0.3, -0.25) is 10.1 Å². The number of nitro benzene ring substituents is 1. The Morgan fingerprint density at radius 1 is 1.23 bits per heavy atom. The van der Waals surface area contributed by atoms with Crippen molar-refractivity contribution in [2.24, 2.45) is 0 Å². The Labute approximate surface area is 147 Å². The van der Waals surface area contributed by atoms with Gasteiger partial charge < -0.3 is 13.6 Å². The molecule has 134 valence electrons. The van der Waals surface area contributed by atoms with Gasteiger partial charge in [-0.2, -0.15) is 0 Å². The lowest BCUT2D eigenvalue weighted by Gasteiger charge is -2.04. The number of nitro groups is 1. The van der Waals surface area contributed by atoms with Gasteiger partial charge in [0.25, 0.3) is 17.5 Å². The van der Waals surface area contributed by atoms with Gasteiger partial charge in [0.05, 0.1) is 10.5 Å². The summed E-state index contributed by atoms with van der Waals surface area (Å²) in [5.74, 6) is 0.810. The third kappa shape index (κ3) is 3.32. The maximum absolute atomic E-state index is 12.2. The van der Waals surface area contributed by atoms with E-state index in [9.17, 15) is 14.9 Å². The Morgan fingerprint density at radius 3 is 2.65 bits per heavy atom. The molecule has 0 amide bonds. The van der Waals surface area contributed by atoms with Crippen LogP contribution >= 0.6 is 0 Å². The number of hydrogen-bond acceptors (Lipinski definition) is 8. The first-order valence-corrected chi connectivity index (χ1v) is 7.67. The van der Waals surface area contributed by atoms with E-state index in [1.54, 1.807) is 39.0 Å². The van der Waals surface area contributed by atoms with E-state index in [1.807, 2.05) is 0 Å². The minimum Gasteiger partial charge on any atom is -0.466 e. The van der Waals surface area contributed by atoms with Crippen LogP contribution in [0.15, 0.2) is 33.1 Å². The number of nitrogens with zero attached hydrogens (tertiary/aromatic N) is 3. The predicted molar refractivity (Wildman–Crippen MR) is 88.4 cm³/mol. The van der Waals surface area contributed by atoms with Crippen molar-refractivity contribution in [3.05, 3.63) is 62.9 Å². The smallest absolute Gasteiger partial charge is 0.345 e. The molecule has 2 heterocycles. The Bertz CT molecular complexity index is 988. The van der Waals surface area contributed by atoms with E-state index in [-0.39, 0.29) is 29.6 Å². The van der Waals surface area contributed by atoms with E-state index in [0.29, 0.717) is 22.6 Å². The van der Waals surface area contributed by atoms with Crippen molar-refractivity contribution >= 4 is 11.7 Å². The van der Waals surface area contributed by atoms with Crippen LogP contribution in [0.25, 0.3) is 11.5 Å². The lowest BCUT2D eigenvalue weighted by Crippen LogP contribution is -2.09. The number of ether oxygens (including phenoxy) is 1. The number of esters is 1. The molecule has 26 heavy (non-hydrogen) atoms. The number of aromatic nitrogens is 2. The van der Waals surface area contributed by atoms with Crippen molar-refractivity contribution in [1.82, 2.24) is 10.2 Å². The number of furan rings is 1. The number of rotatable bonds is 5. The molecule has 0 aliphatic heterocycles. The van der Waals surface area contributed by atoms with Gasteiger partial charge in [0.1, 0.15) is 17.1 Å². The molecule has 0 saturated carbocycles. The first-order valence-electron chi connectivity index (χ1n) is 7.67. The fourth-order valence-corrected chi connectivity index (χ4v) is 2.53. The minimum absolute atomic E-state index is 0.0712. The first-order chi connectivity index (χ1) is 12.4. The largest absolute Gasteiger partial charge is 0.466 e. The Balaban J connectivity index is 1.74. The standard InChI is InChI=1S/C17H15N3O6/c1-9-5-4-6-12(15(9)20(22)23)17(21)24-8-14-18-19-16(26-14)13-7-10(2)25-11(13)3/h4-7H,8H2,1-3H3. The molecule has 1 aromatic carbocycles. The maximum Gasteiger partial charge on any atom is 0.345 e. The van der Waals surface area contributed by atoms with Gasteiger partial charge in [-0.15, -0.1) is 10.2 Å². The van der Waals surface area contributed by atoms with Crippen molar-refractivity contribution < 1.29 is 23.3 Å². The number of carbonyl (C=O) groups excluding carboxylic acids is 1. The van der Waals surface area contributed by atoms with E-state index in [1.165, 1.54) is 6.07 Å². The summed E-state index contributed by atoms with van der Waals surface area (Å²) < 4.78 is 15.9. The van der Waals surface area contributed by atoms with Crippen LogP contribution < -0.4 is 0 Å². The zero-order valence-corrected chi connectivity index (χ0v) is 14.3. The van der Waals surface area contributed by atoms with E-state index in [2.05, 4.69) is 10.2 Å². The third-order valence-electron chi connectivity index (χ3n) is 3.71. The zero-order valence-electron chi connectivity index (χ0n) is 14.3. The van der Waals surface area contributed by atoms with Crippen molar-refractivity contribution in [3.63, 3.8) is 0 Å². The van der Waals surface area contributed by atoms with Crippen LogP contribution in [-0.2, 0) is 11.3 Å². The van der Waals surface area contributed by atoms with Crippen molar-refractivity contribution in [1.29, 1.82) is 0 Å². The highest BCUT2D eigenvalue weighted by Gasteiger charge is 2.24. The van der Waals surface area contributed by atoms with Crippen molar-refractivity contribution in [3.8, 4) is 11.5 Å². The molecule has 3 aromatic rings. The molecular formula is C17H15N3O6. The highest BCUT2D eigenvalue weighted by atomic mass is 16.6. The summed E-state index contributed by atoms with van der Waals surface area (Å²) in [7, 11) is 0. The molecule has 0 N–H and O–H groups in total. The maximum atomic E-state index is 12.2. The monoisotopic (exact) mass is 357 g/mol. The van der Waals surface area contributed by atoms with Crippen LogP contribution in [0.4, 0.5) is 5.69 Å². The summed E-state index contributed by atoms with van der Waals surface area (Å²) in [6.07, 6.45) is 0. The minimum atomic E-state index is -0.838. The Morgan fingerprint density at radius 2 is 2.00 bits per heavy atom. The molecular weight excluding hydrogens is 342 g/mol. The number of hydrogen-bond donors (Lipinski definition) is 0. The molecule has 0 atom stereocenters. The third-order valence-corrected chi connectivity index (χ3v) is 3.71. The van der Waals surface area contributed by atoms with Gasteiger partial charge >= 0.3 is 5.97 Å². The van der Waals surface area contributed by atoms with Crippen LogP contribution in [-0.4, -0.2) is 21.1 Å². The fourth-order valence-electron chi connectivity index (χ4n) is 2.53. The highest BCUT2D eigenvalue weighted by molar-refractivity contribution is 5.94. The SMILES string of the molecule is Cc1cc(-c2nnc(COC(=O)c3cccc(C)c3[N+](=O)[O-])o2)c(C)o1. The van der Waals surface area contributed by atoms with Crippen LogP contribution in [0.5, 0.6) is 0 Å². The van der Waals surface area contributed by atoms with Crippen LogP contribution in [0.2, 0.25) is 0 Å². The second-order valence-electron chi connectivity index (χ2n) is 5.63. The average molecular weight is 357 g/mol. The molecule has 2 aromatic heterocycles. The molecule has 0 fully saturated rings. The first kappa shape index (κ1) is 17.3. The molecule has 0 aliphatic carbocycles. The second-order valence-corrected chi connectivity index (χ2v) is 5.63. The van der Waals surface area contributed by atoms with Crippen LogP contribution in [0, 0.1) is 30.9 Å². The molecule has 0 spiro atoms. The summed E-state index contributed by atoms with van der Waals surface area (Å²) in [5.41, 5.74) is 0.612. The van der Waals surface area contributed by atoms with E-state index < -0.39 is 10.9 Å². The molecule has 0 unspecified atom stereocenters. The highest BCUT2D eigenvalue weighted by Crippen LogP contribution is 2.26. The number of aryl methyl sites for hydroxylation is 3. The number of benzene rings is 1. The van der Waals surface area contributed by atoms with Gasteiger partial charge in [0.15, 0.2) is 6.61 Å². The van der Waals surface area contributed by atoms with Gasteiger partial charge in [0.2, 0.25) is 0 Å². The van der Waals surface area contributed by atoms with E-state index in [0.717, 1.165) is 0 Å². The average Bonchev–Trinajstić information content (AvgIpc) is 3.17. The Kier molecular flexibility index (Phi) is 4.53. The molecule has 0 aliphatic rings. The summed E-state index contributed by atoms with van der Waals surface area (Å²) in [6.45, 7) is 4.81. The van der Waals surface area contributed by atoms with E-state index in [4.69, 9.17) is 13.6 Å². The quantitative estimate of drug-likeness (QED) is 0.386. The molecule has 9 nitrogen and oxygen atoms in total. The van der Waals surface area contributed by atoms with Crippen molar-refractivity contribution in [2.75, 3.05) is 0 Å². The molecule has 0 bridgehead atoms. The zero-order chi connectivity index (χ0) is 18.8. The number of para-hydroxylation sites is 1. The molecule has 0 saturated heterocycles. The normalized spacial score (nSPS) is 10.7. The van der Waals surface area contributed by atoms with Crippen LogP contribution in [0.1, 0.15) is 33.3 Å². The molecule has 3 rings (SSSR count). The van der Waals surface area contributed by atoms with Gasteiger partial charge in [0, 0.05) is 5.56 Å². The van der Waals surface area contributed by atoms with Gasteiger partial charge in [-0.25, -0.2) is 4.79 Å². The second kappa shape index (κ2) is 6.79. The van der Waals surface area contributed by atoms with Crippen molar-refractivity contribution in [2.45, 2.75) is 27.4 Å². The summed E-state index contributed by atoms with van der Waals surface area (Å²) in [4.78, 5) is 22.8. The summed E-state index contributed by atoms with van der Waals surface area (Å²) >= 11 is 0. The fraction of sp³-hybridized carbons (Fsp3) is 0.235. The van der Waals surface area contributed by atoms with Gasteiger partial charge in [-0.1, -0.05) is 12.1 Å². The topological polar surface area (TPSA) is 122 Å². The predicted octanol–water partition coefficient (Wildman–Crippen LogP) is 3.52. The molecule has 0 radical (unpaired) electrons. The summed E-state index contributed by atoms with van der Waals surface area (Å²) in [6, 6.07) is 6.20.